The van der Waals surface area contributed by atoms with Crippen LogP contribution in [0.5, 0.6) is 11.5 Å². The quantitative estimate of drug-likeness (QED) is 0.435. The number of aromatic nitrogens is 2. The SMILES string of the molecule is CCOc1cc(Cc2cnc(N)nc2N)cc(OS(=O)(=O)N(C)C)c1-c1ccc(SC)cc1. The van der Waals surface area contributed by atoms with Gasteiger partial charge in [0.1, 0.15) is 11.6 Å². The largest absolute Gasteiger partial charge is 0.493 e. The number of benzene rings is 2. The van der Waals surface area contributed by atoms with Crippen LogP contribution in [0.1, 0.15) is 18.1 Å². The Morgan fingerprint density at radius 3 is 2.33 bits per heavy atom. The minimum atomic E-state index is -4.02. The van der Waals surface area contributed by atoms with E-state index >= 15 is 0 Å². The van der Waals surface area contributed by atoms with Crippen LogP contribution in [0, 0.1) is 0 Å². The first-order valence-corrected chi connectivity index (χ1v) is 12.7. The lowest BCUT2D eigenvalue weighted by Gasteiger charge is -2.19. The summed E-state index contributed by atoms with van der Waals surface area (Å²) in [5.74, 6) is 0.972. The Hall–Kier alpha value is -3.02. The Kier molecular flexibility index (Phi) is 7.67. The molecule has 2 aromatic carbocycles. The van der Waals surface area contributed by atoms with Crippen LogP contribution in [0.2, 0.25) is 0 Å². The van der Waals surface area contributed by atoms with E-state index in [1.54, 1.807) is 24.0 Å². The van der Waals surface area contributed by atoms with Crippen LogP contribution in [-0.4, -0.2) is 49.6 Å². The van der Waals surface area contributed by atoms with Crippen molar-refractivity contribution in [3.63, 3.8) is 0 Å². The van der Waals surface area contributed by atoms with Crippen LogP contribution in [-0.2, 0) is 16.7 Å². The van der Waals surface area contributed by atoms with Gasteiger partial charge < -0.3 is 20.4 Å². The number of hydrogen-bond donors (Lipinski definition) is 2. The lowest BCUT2D eigenvalue weighted by atomic mass is 9.98. The molecule has 0 radical (unpaired) electrons. The first kappa shape index (κ1) is 24.6. The fourth-order valence-corrected chi connectivity index (χ4v) is 4.02. The number of rotatable bonds is 9. The molecule has 11 heteroatoms. The van der Waals surface area contributed by atoms with Gasteiger partial charge in [0.2, 0.25) is 5.95 Å². The summed E-state index contributed by atoms with van der Waals surface area (Å²) in [5, 5.41) is 0. The van der Waals surface area contributed by atoms with Crippen molar-refractivity contribution in [2.75, 3.05) is 38.4 Å². The van der Waals surface area contributed by atoms with Crippen LogP contribution >= 0.6 is 11.8 Å². The van der Waals surface area contributed by atoms with Gasteiger partial charge >= 0.3 is 10.3 Å². The van der Waals surface area contributed by atoms with E-state index in [1.807, 2.05) is 43.5 Å². The zero-order valence-electron chi connectivity index (χ0n) is 18.9. The fourth-order valence-electron chi connectivity index (χ4n) is 3.10. The van der Waals surface area contributed by atoms with Crippen molar-refractivity contribution in [3.8, 4) is 22.6 Å². The van der Waals surface area contributed by atoms with Gasteiger partial charge in [0.05, 0.1) is 12.2 Å². The van der Waals surface area contributed by atoms with Gasteiger partial charge in [-0.05, 0) is 48.6 Å². The topological polar surface area (TPSA) is 134 Å². The molecule has 3 rings (SSSR count). The molecule has 33 heavy (non-hydrogen) atoms. The Bertz CT molecular complexity index is 1230. The number of nitrogens with zero attached hydrogens (tertiary/aromatic N) is 3. The zero-order chi connectivity index (χ0) is 24.2. The van der Waals surface area contributed by atoms with Crippen molar-refractivity contribution in [3.05, 3.63) is 53.7 Å². The molecule has 3 aromatic rings. The van der Waals surface area contributed by atoms with Gasteiger partial charge in [-0.25, -0.2) is 4.98 Å². The van der Waals surface area contributed by atoms with Gasteiger partial charge in [0.25, 0.3) is 0 Å². The monoisotopic (exact) mass is 489 g/mol. The standard InChI is InChI=1S/C22H27N5O4S2/c1-5-30-18-11-14(10-16-13-25-22(24)26-21(16)23)12-19(31-33(28,29)27(2)3)20(18)15-6-8-17(32-4)9-7-15/h6-9,11-13H,5,10H2,1-4H3,(H4,23,24,25,26). The predicted octanol–water partition coefficient (Wildman–Crippen LogP) is 3.20. The van der Waals surface area contributed by atoms with E-state index in [-0.39, 0.29) is 17.5 Å². The Morgan fingerprint density at radius 2 is 1.76 bits per heavy atom. The van der Waals surface area contributed by atoms with Crippen molar-refractivity contribution in [1.29, 1.82) is 0 Å². The molecule has 0 bridgehead atoms. The molecule has 0 fully saturated rings. The minimum Gasteiger partial charge on any atom is -0.493 e. The summed E-state index contributed by atoms with van der Waals surface area (Å²) in [6, 6.07) is 11.2. The zero-order valence-corrected chi connectivity index (χ0v) is 20.5. The molecular weight excluding hydrogens is 462 g/mol. The summed E-state index contributed by atoms with van der Waals surface area (Å²) >= 11 is 1.61. The number of nitrogen functional groups attached to an aromatic ring is 2. The normalized spacial score (nSPS) is 11.5. The molecule has 0 saturated carbocycles. The molecule has 0 aliphatic rings. The molecule has 1 heterocycles. The minimum absolute atomic E-state index is 0.0800. The van der Waals surface area contributed by atoms with E-state index in [2.05, 4.69) is 9.97 Å². The van der Waals surface area contributed by atoms with E-state index in [9.17, 15) is 8.42 Å². The highest BCUT2D eigenvalue weighted by Gasteiger charge is 2.23. The lowest BCUT2D eigenvalue weighted by molar-refractivity contribution is 0.340. The number of nitrogens with two attached hydrogens (primary N) is 2. The van der Waals surface area contributed by atoms with Crippen LogP contribution in [0.25, 0.3) is 11.1 Å². The lowest BCUT2D eigenvalue weighted by Crippen LogP contribution is -2.27. The molecule has 0 amide bonds. The van der Waals surface area contributed by atoms with Gasteiger partial charge in [0.15, 0.2) is 5.75 Å². The molecule has 176 valence electrons. The second kappa shape index (κ2) is 10.3. The van der Waals surface area contributed by atoms with Crippen LogP contribution in [0.4, 0.5) is 11.8 Å². The molecule has 9 nitrogen and oxygen atoms in total. The fraction of sp³-hybridized carbons (Fsp3) is 0.273. The predicted molar refractivity (Wildman–Crippen MR) is 132 cm³/mol. The molecule has 0 atom stereocenters. The van der Waals surface area contributed by atoms with E-state index in [0.717, 1.165) is 14.8 Å². The van der Waals surface area contributed by atoms with Crippen LogP contribution in [0.3, 0.4) is 0 Å². The smallest absolute Gasteiger partial charge is 0.384 e. The number of ether oxygens (including phenoxy) is 1. The Morgan fingerprint density at radius 1 is 1.09 bits per heavy atom. The first-order valence-electron chi connectivity index (χ1n) is 10.1. The van der Waals surface area contributed by atoms with Crippen LogP contribution < -0.4 is 20.4 Å². The number of hydrogen-bond acceptors (Lipinski definition) is 9. The highest BCUT2D eigenvalue weighted by atomic mass is 32.2. The summed E-state index contributed by atoms with van der Waals surface area (Å²) < 4.78 is 37.7. The summed E-state index contributed by atoms with van der Waals surface area (Å²) in [5.41, 5.74) is 14.3. The number of thioether (sulfide) groups is 1. The van der Waals surface area contributed by atoms with Crippen molar-refractivity contribution < 1.29 is 17.3 Å². The summed E-state index contributed by atoms with van der Waals surface area (Å²) in [7, 11) is -1.21. The van der Waals surface area contributed by atoms with Gasteiger partial charge in [-0.3, -0.25) is 0 Å². The van der Waals surface area contributed by atoms with Crippen molar-refractivity contribution in [2.45, 2.75) is 18.2 Å². The highest BCUT2D eigenvalue weighted by Crippen LogP contribution is 2.41. The molecule has 0 aliphatic carbocycles. The van der Waals surface area contributed by atoms with E-state index in [0.29, 0.717) is 35.5 Å². The summed E-state index contributed by atoms with van der Waals surface area (Å²) in [4.78, 5) is 9.07. The summed E-state index contributed by atoms with van der Waals surface area (Å²) in [6.45, 7) is 2.24. The molecular formula is C22H27N5O4S2. The third-order valence-corrected chi connectivity index (χ3v) is 6.79. The molecule has 0 saturated heterocycles. The van der Waals surface area contributed by atoms with Crippen molar-refractivity contribution in [1.82, 2.24) is 14.3 Å². The van der Waals surface area contributed by atoms with E-state index in [1.165, 1.54) is 14.1 Å². The maximum absolute atomic E-state index is 12.6. The third kappa shape index (κ3) is 5.86. The maximum atomic E-state index is 12.6. The van der Waals surface area contributed by atoms with Crippen LogP contribution in [0.15, 0.2) is 47.5 Å². The first-order chi connectivity index (χ1) is 15.6. The van der Waals surface area contributed by atoms with Gasteiger partial charge in [-0.1, -0.05) is 12.1 Å². The molecule has 1 aromatic heterocycles. The third-order valence-electron chi connectivity index (χ3n) is 4.76. The van der Waals surface area contributed by atoms with Crippen molar-refractivity contribution in [2.24, 2.45) is 0 Å². The molecule has 0 spiro atoms. The van der Waals surface area contributed by atoms with Gasteiger partial charge in [-0.15, -0.1) is 11.8 Å². The van der Waals surface area contributed by atoms with E-state index < -0.39 is 10.3 Å². The van der Waals surface area contributed by atoms with Gasteiger partial charge in [0, 0.05) is 37.2 Å². The Labute approximate surface area is 198 Å². The van der Waals surface area contributed by atoms with E-state index in [4.69, 9.17) is 20.4 Å². The van der Waals surface area contributed by atoms with Gasteiger partial charge in [-0.2, -0.15) is 17.7 Å². The summed E-state index contributed by atoms with van der Waals surface area (Å²) in [6.07, 6.45) is 3.86. The highest BCUT2D eigenvalue weighted by molar-refractivity contribution is 7.98. The maximum Gasteiger partial charge on any atom is 0.384 e. The number of anilines is 2. The second-order valence-electron chi connectivity index (χ2n) is 7.27. The average molecular weight is 490 g/mol. The van der Waals surface area contributed by atoms with Crippen molar-refractivity contribution >= 4 is 33.8 Å². The molecule has 4 N–H and O–H groups in total. The second-order valence-corrected chi connectivity index (χ2v) is 9.90. The average Bonchev–Trinajstić information content (AvgIpc) is 2.76. The molecule has 0 aliphatic heterocycles. The molecule has 0 unspecified atom stereocenters. The Balaban J connectivity index is 2.18.